The Morgan fingerprint density at radius 1 is 0.917 bits per heavy atom. The highest BCUT2D eigenvalue weighted by molar-refractivity contribution is 7.99. The van der Waals surface area contributed by atoms with Gasteiger partial charge in [-0.3, -0.25) is 4.98 Å². The van der Waals surface area contributed by atoms with E-state index in [1.807, 2.05) is 36.5 Å². The predicted molar refractivity (Wildman–Crippen MR) is 99.4 cm³/mol. The fourth-order valence-corrected chi connectivity index (χ4v) is 3.63. The maximum atomic E-state index is 4.73. The molecule has 0 amide bonds. The molecule has 0 bridgehead atoms. The van der Waals surface area contributed by atoms with E-state index in [1.165, 1.54) is 11.1 Å². The van der Waals surface area contributed by atoms with E-state index in [9.17, 15) is 0 Å². The van der Waals surface area contributed by atoms with E-state index in [4.69, 9.17) is 4.98 Å². The fraction of sp³-hybridized carbons (Fsp3) is 0.100. The number of aromatic amines is 1. The molecule has 2 aromatic carbocycles. The number of hydrogen-bond acceptors (Lipinski definition) is 3. The monoisotopic (exact) mass is 331 g/mol. The second-order valence-electron chi connectivity index (χ2n) is 5.81. The zero-order valence-electron chi connectivity index (χ0n) is 13.6. The Balaban J connectivity index is 1.74. The molecule has 0 radical (unpaired) electrons. The number of fused-ring (bicyclic) bond motifs is 1. The first-order chi connectivity index (χ1) is 11.7. The predicted octanol–water partition coefficient (Wildman–Crippen LogP) is 5.39. The van der Waals surface area contributed by atoms with Gasteiger partial charge in [-0.2, -0.15) is 0 Å². The third-order valence-electron chi connectivity index (χ3n) is 4.11. The van der Waals surface area contributed by atoms with Gasteiger partial charge in [0, 0.05) is 16.7 Å². The molecule has 4 aromatic rings. The van der Waals surface area contributed by atoms with Crippen molar-refractivity contribution >= 4 is 22.8 Å². The highest BCUT2D eigenvalue weighted by Gasteiger charge is 2.10. The third-order valence-corrected chi connectivity index (χ3v) is 5.07. The maximum Gasteiger partial charge on any atom is 0.171 e. The van der Waals surface area contributed by atoms with Gasteiger partial charge in [0.15, 0.2) is 5.16 Å². The normalized spacial score (nSPS) is 11.1. The molecule has 0 spiro atoms. The van der Waals surface area contributed by atoms with Crippen molar-refractivity contribution in [2.75, 3.05) is 0 Å². The Bertz CT molecular complexity index is 967. The van der Waals surface area contributed by atoms with E-state index >= 15 is 0 Å². The molecular weight excluding hydrogens is 314 g/mol. The summed E-state index contributed by atoms with van der Waals surface area (Å²) >= 11 is 1.64. The number of rotatable bonds is 3. The molecule has 0 atom stereocenters. The number of nitrogens with zero attached hydrogens (tertiary/aromatic N) is 2. The van der Waals surface area contributed by atoms with Crippen LogP contribution >= 0.6 is 11.8 Å². The van der Waals surface area contributed by atoms with Crippen molar-refractivity contribution in [2.24, 2.45) is 0 Å². The Morgan fingerprint density at radius 3 is 2.54 bits per heavy atom. The number of aryl methyl sites for hydroxylation is 2. The van der Waals surface area contributed by atoms with Crippen molar-refractivity contribution < 1.29 is 0 Å². The third kappa shape index (κ3) is 2.81. The second-order valence-corrected chi connectivity index (χ2v) is 6.84. The lowest BCUT2D eigenvalue weighted by Crippen LogP contribution is -1.86. The van der Waals surface area contributed by atoms with Crippen LogP contribution in [0.25, 0.3) is 22.3 Å². The van der Waals surface area contributed by atoms with Crippen LogP contribution in [0, 0.1) is 13.8 Å². The van der Waals surface area contributed by atoms with E-state index in [2.05, 4.69) is 48.1 Å². The van der Waals surface area contributed by atoms with Crippen molar-refractivity contribution in [3.8, 4) is 11.3 Å². The summed E-state index contributed by atoms with van der Waals surface area (Å²) in [6, 6.07) is 18.6. The Hall–Kier alpha value is -2.59. The molecule has 0 fully saturated rings. The number of H-pyrrole nitrogens is 1. The largest absolute Gasteiger partial charge is 0.333 e. The lowest BCUT2D eigenvalue weighted by molar-refractivity contribution is 1.08. The SMILES string of the molecule is Cc1cc2nc(Sc3ccccc3-c3ccccn3)[nH]c2cc1C. The summed E-state index contributed by atoms with van der Waals surface area (Å²) in [5, 5.41) is 0.901. The number of aromatic nitrogens is 3. The minimum atomic E-state index is 0.901. The number of imidazole rings is 1. The van der Waals surface area contributed by atoms with Gasteiger partial charge in [-0.15, -0.1) is 0 Å². The number of nitrogens with one attached hydrogen (secondary N) is 1. The summed E-state index contributed by atoms with van der Waals surface area (Å²) in [5.41, 5.74) is 6.72. The number of hydrogen-bond donors (Lipinski definition) is 1. The summed E-state index contributed by atoms with van der Waals surface area (Å²) in [5.74, 6) is 0. The number of pyridine rings is 1. The molecule has 0 saturated heterocycles. The summed E-state index contributed by atoms with van der Waals surface area (Å²) in [4.78, 5) is 13.8. The van der Waals surface area contributed by atoms with Crippen LogP contribution in [0.2, 0.25) is 0 Å². The van der Waals surface area contributed by atoms with Crippen LogP contribution in [-0.4, -0.2) is 15.0 Å². The average molecular weight is 331 g/mol. The Morgan fingerprint density at radius 2 is 1.71 bits per heavy atom. The van der Waals surface area contributed by atoms with Gasteiger partial charge in [0.2, 0.25) is 0 Å². The molecule has 0 saturated carbocycles. The zero-order valence-corrected chi connectivity index (χ0v) is 14.4. The van der Waals surface area contributed by atoms with Crippen molar-refractivity contribution in [3.05, 3.63) is 71.9 Å². The number of benzene rings is 2. The second kappa shape index (κ2) is 6.13. The van der Waals surface area contributed by atoms with Gasteiger partial charge in [-0.1, -0.05) is 36.0 Å². The molecule has 1 N–H and O–H groups in total. The minimum absolute atomic E-state index is 0.901. The van der Waals surface area contributed by atoms with Gasteiger partial charge >= 0.3 is 0 Å². The molecule has 0 aliphatic carbocycles. The fourth-order valence-electron chi connectivity index (χ4n) is 2.69. The average Bonchev–Trinajstić information content (AvgIpc) is 2.97. The van der Waals surface area contributed by atoms with Gasteiger partial charge in [0.25, 0.3) is 0 Å². The van der Waals surface area contributed by atoms with Gasteiger partial charge in [-0.25, -0.2) is 4.98 Å². The molecule has 2 aromatic heterocycles. The Kier molecular flexibility index (Phi) is 3.82. The highest BCUT2D eigenvalue weighted by Crippen LogP contribution is 2.34. The van der Waals surface area contributed by atoms with E-state index in [0.717, 1.165) is 32.3 Å². The maximum absolute atomic E-state index is 4.73. The summed E-state index contributed by atoms with van der Waals surface area (Å²) in [6.07, 6.45) is 1.82. The van der Waals surface area contributed by atoms with E-state index in [-0.39, 0.29) is 0 Å². The quantitative estimate of drug-likeness (QED) is 0.547. The van der Waals surface area contributed by atoms with Gasteiger partial charge in [0.05, 0.1) is 16.7 Å². The molecule has 2 heterocycles. The van der Waals surface area contributed by atoms with Crippen LogP contribution in [-0.2, 0) is 0 Å². The molecule has 3 nitrogen and oxygen atoms in total. The van der Waals surface area contributed by atoms with Crippen molar-refractivity contribution in [1.82, 2.24) is 15.0 Å². The van der Waals surface area contributed by atoms with E-state index < -0.39 is 0 Å². The van der Waals surface area contributed by atoms with Crippen molar-refractivity contribution in [1.29, 1.82) is 0 Å². The van der Waals surface area contributed by atoms with Gasteiger partial charge < -0.3 is 4.98 Å². The van der Waals surface area contributed by atoms with Crippen LogP contribution in [0.3, 0.4) is 0 Å². The Labute approximate surface area is 145 Å². The molecule has 4 rings (SSSR count). The molecular formula is C20H17N3S. The molecule has 0 aliphatic heterocycles. The van der Waals surface area contributed by atoms with Gasteiger partial charge in [-0.05, 0) is 55.3 Å². The van der Waals surface area contributed by atoms with Gasteiger partial charge in [0.1, 0.15) is 0 Å². The first-order valence-electron chi connectivity index (χ1n) is 7.86. The topological polar surface area (TPSA) is 41.6 Å². The minimum Gasteiger partial charge on any atom is -0.333 e. The first kappa shape index (κ1) is 15.0. The summed E-state index contributed by atoms with van der Waals surface area (Å²) in [7, 11) is 0. The first-order valence-corrected chi connectivity index (χ1v) is 8.67. The molecule has 0 unspecified atom stereocenters. The van der Waals surface area contributed by atoms with Crippen molar-refractivity contribution in [2.45, 2.75) is 23.9 Å². The zero-order chi connectivity index (χ0) is 16.5. The van der Waals surface area contributed by atoms with Crippen LogP contribution in [0.5, 0.6) is 0 Å². The lowest BCUT2D eigenvalue weighted by Gasteiger charge is -2.06. The molecule has 0 aliphatic rings. The van der Waals surface area contributed by atoms with Crippen LogP contribution < -0.4 is 0 Å². The standard InChI is InChI=1S/C20H17N3S/c1-13-11-17-18(12-14(13)2)23-20(22-17)24-19-9-4-3-7-15(19)16-8-5-6-10-21-16/h3-12H,1-2H3,(H,22,23). The smallest absolute Gasteiger partial charge is 0.171 e. The van der Waals surface area contributed by atoms with E-state index in [0.29, 0.717) is 0 Å². The molecule has 118 valence electrons. The lowest BCUT2D eigenvalue weighted by atomic mass is 10.1. The van der Waals surface area contributed by atoms with Crippen molar-refractivity contribution in [3.63, 3.8) is 0 Å². The summed E-state index contributed by atoms with van der Waals surface area (Å²) < 4.78 is 0. The molecule has 4 heteroatoms. The van der Waals surface area contributed by atoms with Crippen LogP contribution in [0.1, 0.15) is 11.1 Å². The highest BCUT2D eigenvalue weighted by atomic mass is 32.2. The van der Waals surface area contributed by atoms with Crippen LogP contribution in [0.4, 0.5) is 0 Å². The van der Waals surface area contributed by atoms with E-state index in [1.54, 1.807) is 11.8 Å². The van der Waals surface area contributed by atoms with Crippen LogP contribution in [0.15, 0.2) is 70.8 Å². The molecule has 24 heavy (non-hydrogen) atoms. The summed E-state index contributed by atoms with van der Waals surface area (Å²) in [6.45, 7) is 4.24.